The molecule has 2 N–H and O–H groups in total. The van der Waals surface area contributed by atoms with Gasteiger partial charge in [-0.15, -0.1) is 11.3 Å². The molecule has 2 aliphatic rings. The van der Waals surface area contributed by atoms with E-state index < -0.39 is 0 Å². The zero-order valence-electron chi connectivity index (χ0n) is 12.2. The molecular weight excluding hydrogens is 268 g/mol. The molecule has 1 unspecified atom stereocenters. The molecule has 3 rings (SSSR count). The minimum Gasteiger partial charge on any atom is -0.334 e. The predicted octanol–water partition coefficient (Wildman–Crippen LogP) is 3.10. The fourth-order valence-corrected chi connectivity index (χ4v) is 4.19. The van der Waals surface area contributed by atoms with Crippen LogP contribution in [0.15, 0.2) is 11.4 Å². The summed E-state index contributed by atoms with van der Waals surface area (Å²) in [6, 6.07) is 2.22. The second-order valence-corrected chi connectivity index (χ2v) is 7.11. The van der Waals surface area contributed by atoms with Gasteiger partial charge in [-0.3, -0.25) is 4.79 Å². The van der Waals surface area contributed by atoms with Crippen LogP contribution in [0, 0.1) is 5.92 Å². The molecule has 1 amide bonds. The fourth-order valence-electron chi connectivity index (χ4n) is 3.27. The van der Waals surface area contributed by atoms with Gasteiger partial charge in [-0.25, -0.2) is 0 Å². The lowest BCUT2D eigenvalue weighted by atomic mass is 9.94. The summed E-state index contributed by atoms with van der Waals surface area (Å²) in [4.78, 5) is 16.3. The summed E-state index contributed by atoms with van der Waals surface area (Å²) in [5, 5.41) is 2.17. The number of hydrogen-bond donors (Lipinski definition) is 1. The van der Waals surface area contributed by atoms with Gasteiger partial charge < -0.3 is 10.6 Å². The average molecular weight is 292 g/mol. The highest BCUT2D eigenvalue weighted by molar-refractivity contribution is 7.10. The third-order valence-electron chi connectivity index (χ3n) is 4.55. The quantitative estimate of drug-likeness (QED) is 0.906. The van der Waals surface area contributed by atoms with Crippen molar-refractivity contribution in [2.24, 2.45) is 11.7 Å². The molecule has 1 aliphatic carbocycles. The van der Waals surface area contributed by atoms with Gasteiger partial charge in [0.15, 0.2) is 0 Å². The maximum Gasteiger partial charge on any atom is 0.240 e. The summed E-state index contributed by atoms with van der Waals surface area (Å²) < 4.78 is 0. The Morgan fingerprint density at radius 2 is 2.35 bits per heavy atom. The molecule has 0 bridgehead atoms. The number of nitrogens with zero attached hydrogens (tertiary/aromatic N) is 1. The smallest absolute Gasteiger partial charge is 0.240 e. The number of carbonyl (C=O) groups is 1. The second kappa shape index (κ2) is 5.86. The number of amides is 1. The number of unbranched alkanes of at least 4 members (excludes halogenated alkanes) is 1. The summed E-state index contributed by atoms with van der Waals surface area (Å²) in [5.74, 6) is 0.846. The SMILES string of the molecule is CCCC[C@H](N)C(=O)N1CCc2sccc2C1C1CC1. The van der Waals surface area contributed by atoms with Crippen molar-refractivity contribution in [3.63, 3.8) is 0 Å². The number of rotatable bonds is 5. The normalized spacial score (nSPS) is 23.5. The summed E-state index contributed by atoms with van der Waals surface area (Å²) in [6.07, 6.45) is 6.48. The molecule has 110 valence electrons. The monoisotopic (exact) mass is 292 g/mol. The molecular formula is C16H24N2OS. The van der Waals surface area contributed by atoms with Crippen LogP contribution < -0.4 is 5.73 Å². The van der Waals surface area contributed by atoms with Crippen molar-refractivity contribution >= 4 is 17.2 Å². The van der Waals surface area contributed by atoms with Gasteiger partial charge in [-0.1, -0.05) is 19.8 Å². The van der Waals surface area contributed by atoms with E-state index in [1.807, 2.05) is 11.3 Å². The zero-order chi connectivity index (χ0) is 14.1. The van der Waals surface area contributed by atoms with Crippen molar-refractivity contribution < 1.29 is 4.79 Å². The first-order valence-electron chi connectivity index (χ1n) is 7.84. The van der Waals surface area contributed by atoms with Crippen LogP contribution in [0.1, 0.15) is 55.5 Å². The van der Waals surface area contributed by atoms with Crippen molar-refractivity contribution in [3.05, 3.63) is 21.9 Å². The van der Waals surface area contributed by atoms with Crippen LogP contribution in [-0.2, 0) is 11.2 Å². The van der Waals surface area contributed by atoms with Gasteiger partial charge >= 0.3 is 0 Å². The van der Waals surface area contributed by atoms with Gasteiger partial charge in [0, 0.05) is 11.4 Å². The van der Waals surface area contributed by atoms with E-state index in [9.17, 15) is 4.79 Å². The average Bonchev–Trinajstić information content (AvgIpc) is 3.19. The van der Waals surface area contributed by atoms with Gasteiger partial charge in [0.1, 0.15) is 0 Å². The molecule has 2 atom stereocenters. The molecule has 1 aromatic rings. The molecule has 0 radical (unpaired) electrons. The highest BCUT2D eigenvalue weighted by Gasteiger charge is 2.42. The first kappa shape index (κ1) is 14.1. The molecule has 4 heteroatoms. The molecule has 2 heterocycles. The van der Waals surface area contributed by atoms with Crippen LogP contribution in [0.4, 0.5) is 0 Å². The molecule has 20 heavy (non-hydrogen) atoms. The molecule has 0 spiro atoms. The second-order valence-electron chi connectivity index (χ2n) is 6.11. The maximum absolute atomic E-state index is 12.7. The molecule has 1 saturated carbocycles. The Morgan fingerprint density at radius 1 is 1.55 bits per heavy atom. The summed E-state index contributed by atoms with van der Waals surface area (Å²) in [5.41, 5.74) is 7.53. The summed E-state index contributed by atoms with van der Waals surface area (Å²) in [7, 11) is 0. The van der Waals surface area contributed by atoms with E-state index in [4.69, 9.17) is 5.73 Å². The van der Waals surface area contributed by atoms with Crippen molar-refractivity contribution in [1.29, 1.82) is 0 Å². The van der Waals surface area contributed by atoms with E-state index in [2.05, 4.69) is 23.3 Å². The van der Waals surface area contributed by atoms with Gasteiger partial charge in [-0.2, -0.15) is 0 Å². The van der Waals surface area contributed by atoms with E-state index in [-0.39, 0.29) is 11.9 Å². The first-order valence-corrected chi connectivity index (χ1v) is 8.72. The Hall–Kier alpha value is -0.870. The lowest BCUT2D eigenvalue weighted by Crippen LogP contribution is -2.48. The minimum absolute atomic E-state index is 0.173. The van der Waals surface area contributed by atoms with E-state index in [0.717, 1.165) is 32.2 Å². The molecule has 1 aliphatic heterocycles. The van der Waals surface area contributed by atoms with E-state index >= 15 is 0 Å². The Bertz CT molecular complexity index is 481. The lowest BCUT2D eigenvalue weighted by Gasteiger charge is -2.37. The van der Waals surface area contributed by atoms with Gasteiger partial charge in [0.25, 0.3) is 0 Å². The van der Waals surface area contributed by atoms with Crippen molar-refractivity contribution in [1.82, 2.24) is 4.90 Å². The Morgan fingerprint density at radius 3 is 3.05 bits per heavy atom. The molecule has 0 saturated heterocycles. The molecule has 0 aromatic carbocycles. The van der Waals surface area contributed by atoms with Crippen molar-refractivity contribution in [2.75, 3.05) is 6.54 Å². The Balaban J connectivity index is 1.77. The molecule has 1 aromatic heterocycles. The number of thiophene rings is 1. The van der Waals surface area contributed by atoms with E-state index in [0.29, 0.717) is 12.0 Å². The predicted molar refractivity (Wildman–Crippen MR) is 82.7 cm³/mol. The van der Waals surface area contributed by atoms with Crippen LogP contribution >= 0.6 is 11.3 Å². The highest BCUT2D eigenvalue weighted by Crippen LogP contribution is 2.48. The van der Waals surface area contributed by atoms with Crippen molar-refractivity contribution in [2.45, 2.75) is 57.5 Å². The number of hydrogen-bond acceptors (Lipinski definition) is 3. The number of fused-ring (bicyclic) bond motifs is 1. The molecule has 3 nitrogen and oxygen atoms in total. The largest absolute Gasteiger partial charge is 0.334 e. The van der Waals surface area contributed by atoms with Gasteiger partial charge in [-0.05, 0) is 48.6 Å². The molecule has 1 fully saturated rings. The van der Waals surface area contributed by atoms with Crippen LogP contribution in [0.2, 0.25) is 0 Å². The van der Waals surface area contributed by atoms with Crippen LogP contribution in [0.5, 0.6) is 0 Å². The van der Waals surface area contributed by atoms with Gasteiger partial charge in [0.2, 0.25) is 5.91 Å². The van der Waals surface area contributed by atoms with Crippen molar-refractivity contribution in [3.8, 4) is 0 Å². The zero-order valence-corrected chi connectivity index (χ0v) is 13.0. The maximum atomic E-state index is 12.7. The Labute approximate surface area is 125 Å². The number of nitrogens with two attached hydrogens (primary N) is 1. The topological polar surface area (TPSA) is 46.3 Å². The first-order chi connectivity index (χ1) is 9.72. The third-order valence-corrected chi connectivity index (χ3v) is 5.55. The third kappa shape index (κ3) is 2.63. The summed E-state index contributed by atoms with van der Waals surface area (Å²) in [6.45, 7) is 3.00. The van der Waals surface area contributed by atoms with Gasteiger partial charge in [0.05, 0.1) is 12.1 Å². The lowest BCUT2D eigenvalue weighted by molar-refractivity contribution is -0.136. The minimum atomic E-state index is -0.309. The van der Waals surface area contributed by atoms with E-state index in [1.165, 1.54) is 23.3 Å². The summed E-state index contributed by atoms with van der Waals surface area (Å²) >= 11 is 1.84. The standard InChI is InChI=1S/C16H24N2OS/c1-2-3-4-13(17)16(19)18-9-7-14-12(8-10-20-14)15(18)11-5-6-11/h8,10-11,13,15H,2-7,9,17H2,1H3/t13-,15?/m0/s1. The van der Waals surface area contributed by atoms with Crippen LogP contribution in [0.25, 0.3) is 0 Å². The number of carbonyl (C=O) groups excluding carboxylic acids is 1. The highest BCUT2D eigenvalue weighted by atomic mass is 32.1. The Kier molecular flexibility index (Phi) is 4.13. The van der Waals surface area contributed by atoms with Crippen LogP contribution in [0.3, 0.4) is 0 Å². The van der Waals surface area contributed by atoms with E-state index in [1.54, 1.807) is 0 Å². The fraction of sp³-hybridized carbons (Fsp3) is 0.688. The van der Waals surface area contributed by atoms with Crippen LogP contribution in [-0.4, -0.2) is 23.4 Å².